The van der Waals surface area contributed by atoms with Crippen LogP contribution in [0.15, 0.2) is 95.3 Å². The van der Waals surface area contributed by atoms with Crippen LogP contribution in [-0.4, -0.2) is 37.5 Å². The summed E-state index contributed by atoms with van der Waals surface area (Å²) in [6, 6.07) is 0. The number of hydrogen-bond donors (Lipinski definition) is 2. The number of carbonyl (C=O) groups is 1. The first-order valence-electron chi connectivity index (χ1n) is 9.92. The lowest BCUT2D eigenvalue weighted by atomic mass is 9.98. The van der Waals surface area contributed by atoms with Crippen molar-refractivity contribution < 1.29 is 18.3 Å². The van der Waals surface area contributed by atoms with Gasteiger partial charge in [0.1, 0.15) is 5.75 Å². The van der Waals surface area contributed by atoms with Crippen molar-refractivity contribution in [3.63, 3.8) is 0 Å². The predicted octanol–water partition coefficient (Wildman–Crippen LogP) is 5.06. The highest BCUT2D eigenvalue weighted by Crippen LogP contribution is 2.19. The Morgan fingerprint density at radius 3 is 2.10 bits per heavy atom. The van der Waals surface area contributed by atoms with E-state index in [9.17, 15) is 13.2 Å². The van der Waals surface area contributed by atoms with Crippen LogP contribution in [0.25, 0.3) is 0 Å². The van der Waals surface area contributed by atoms with E-state index >= 15 is 0 Å². The molecule has 5 nitrogen and oxygen atoms in total. The lowest BCUT2D eigenvalue weighted by Gasteiger charge is -2.09. The van der Waals surface area contributed by atoms with Crippen molar-refractivity contribution in [2.75, 3.05) is 18.1 Å². The second-order valence-corrected chi connectivity index (χ2v) is 9.28. The minimum absolute atomic E-state index is 0.348. The molecule has 0 amide bonds. The van der Waals surface area contributed by atoms with E-state index in [0.717, 1.165) is 11.1 Å². The molecule has 0 atom stereocenters. The van der Waals surface area contributed by atoms with Gasteiger partial charge in [-0.3, -0.25) is 4.79 Å². The van der Waals surface area contributed by atoms with Crippen molar-refractivity contribution in [2.45, 2.75) is 34.6 Å². The van der Waals surface area contributed by atoms with Crippen molar-refractivity contribution in [1.82, 2.24) is 5.32 Å². The SMILES string of the molecule is C=C/C=C(\C=C/CS(=O)(=O)CC(=O)O)NCC(=C)\C=C/C(C)=C(C)/C(C)=C(C)/C=C\C. The Morgan fingerprint density at radius 1 is 1.00 bits per heavy atom. The van der Waals surface area contributed by atoms with Gasteiger partial charge >= 0.3 is 5.97 Å². The molecule has 170 valence electrons. The molecule has 0 radical (unpaired) electrons. The first-order valence-corrected chi connectivity index (χ1v) is 11.7. The maximum absolute atomic E-state index is 11.7. The zero-order valence-electron chi connectivity index (χ0n) is 19.2. The number of carboxylic acid groups (broad SMARTS) is 1. The third-order valence-corrected chi connectivity index (χ3v) is 5.93. The van der Waals surface area contributed by atoms with Gasteiger partial charge in [-0.1, -0.05) is 49.6 Å². The molecule has 0 aromatic carbocycles. The molecule has 0 aromatic heterocycles. The molecule has 0 aliphatic rings. The predicted molar refractivity (Wildman–Crippen MR) is 132 cm³/mol. The zero-order chi connectivity index (χ0) is 24.0. The summed E-state index contributed by atoms with van der Waals surface area (Å²) < 4.78 is 23.3. The first-order chi connectivity index (χ1) is 14.4. The Labute approximate surface area is 187 Å². The fraction of sp³-hybridized carbons (Fsp3) is 0.320. The van der Waals surface area contributed by atoms with E-state index in [1.807, 2.05) is 25.2 Å². The summed E-state index contributed by atoms with van der Waals surface area (Å²) in [4.78, 5) is 10.6. The summed E-state index contributed by atoms with van der Waals surface area (Å²) in [6.45, 7) is 18.5. The summed E-state index contributed by atoms with van der Waals surface area (Å²) in [6.07, 6.45) is 14.4. The Bertz CT molecular complexity index is 955. The third kappa shape index (κ3) is 12.4. The highest BCUT2D eigenvalue weighted by molar-refractivity contribution is 7.92. The van der Waals surface area contributed by atoms with Crippen LogP contribution >= 0.6 is 0 Å². The van der Waals surface area contributed by atoms with Crippen LogP contribution in [0, 0.1) is 0 Å². The molecule has 0 rings (SSSR count). The first kappa shape index (κ1) is 28.1. The number of allylic oxidation sites excluding steroid dienone is 10. The molecule has 0 aliphatic heterocycles. The van der Waals surface area contributed by atoms with Gasteiger partial charge in [0, 0.05) is 12.2 Å². The lowest BCUT2D eigenvalue weighted by Crippen LogP contribution is -2.18. The zero-order valence-corrected chi connectivity index (χ0v) is 20.1. The Kier molecular flexibility index (Phi) is 12.9. The molecule has 31 heavy (non-hydrogen) atoms. The van der Waals surface area contributed by atoms with Crippen LogP contribution in [0.5, 0.6) is 0 Å². The number of carboxylic acids is 1. The van der Waals surface area contributed by atoms with Crippen LogP contribution < -0.4 is 5.32 Å². The van der Waals surface area contributed by atoms with Gasteiger partial charge in [0.25, 0.3) is 0 Å². The van der Waals surface area contributed by atoms with Gasteiger partial charge in [-0.15, -0.1) is 0 Å². The number of nitrogens with one attached hydrogen (secondary N) is 1. The average Bonchev–Trinajstić information content (AvgIpc) is 2.67. The van der Waals surface area contributed by atoms with E-state index in [1.54, 1.807) is 18.2 Å². The molecule has 0 aliphatic carbocycles. The average molecular weight is 446 g/mol. The molecule has 0 saturated heterocycles. The molecule has 0 spiro atoms. The lowest BCUT2D eigenvalue weighted by molar-refractivity contribution is -0.134. The van der Waals surface area contributed by atoms with Crippen LogP contribution in [0.4, 0.5) is 0 Å². The quantitative estimate of drug-likeness (QED) is 0.387. The van der Waals surface area contributed by atoms with Crippen molar-refractivity contribution in [1.29, 1.82) is 0 Å². The highest BCUT2D eigenvalue weighted by Gasteiger charge is 2.13. The van der Waals surface area contributed by atoms with Gasteiger partial charge in [-0.25, -0.2) is 8.42 Å². The fourth-order valence-electron chi connectivity index (χ4n) is 2.48. The van der Waals surface area contributed by atoms with E-state index < -0.39 is 21.6 Å². The number of aliphatic carboxylic acids is 1. The van der Waals surface area contributed by atoms with E-state index in [2.05, 4.69) is 52.2 Å². The second kappa shape index (κ2) is 14.2. The topological polar surface area (TPSA) is 83.5 Å². The minimum atomic E-state index is -3.68. The molecule has 0 aromatic rings. The van der Waals surface area contributed by atoms with E-state index in [4.69, 9.17) is 5.11 Å². The van der Waals surface area contributed by atoms with Gasteiger partial charge < -0.3 is 10.4 Å². The monoisotopic (exact) mass is 445 g/mol. The molecule has 2 N–H and O–H groups in total. The molecule has 0 bridgehead atoms. The van der Waals surface area contributed by atoms with Crippen molar-refractivity contribution in [3.05, 3.63) is 95.3 Å². The van der Waals surface area contributed by atoms with Crippen LogP contribution in [0.3, 0.4) is 0 Å². The van der Waals surface area contributed by atoms with Gasteiger partial charge in [0.05, 0.1) is 5.75 Å². The van der Waals surface area contributed by atoms with E-state index in [1.165, 1.54) is 22.8 Å². The summed E-state index contributed by atoms with van der Waals surface area (Å²) >= 11 is 0. The van der Waals surface area contributed by atoms with Gasteiger partial charge in [-0.05, 0) is 74.6 Å². The van der Waals surface area contributed by atoms with Gasteiger partial charge in [0.15, 0.2) is 9.84 Å². The number of hydrogen-bond acceptors (Lipinski definition) is 4. The van der Waals surface area contributed by atoms with Gasteiger partial charge in [0.2, 0.25) is 0 Å². The van der Waals surface area contributed by atoms with Crippen molar-refractivity contribution in [3.8, 4) is 0 Å². The summed E-state index contributed by atoms with van der Waals surface area (Å²) in [7, 11) is -3.68. The minimum Gasteiger partial charge on any atom is -0.480 e. The second-order valence-electron chi connectivity index (χ2n) is 7.17. The molecule has 0 heterocycles. The maximum Gasteiger partial charge on any atom is 0.318 e. The standard InChI is InChI=1S/C25H35NO4S/c1-8-11-20(4)22(6)23(7)21(5)15-14-19(3)17-26-24(12-9-2)13-10-16-31(29,30)18-25(27)28/h8-15,26H,2-3,16-18H2,1,4-7H3,(H,27,28)/b11-8-,13-10-,15-14-,22-20+,23-21+,24-12+. The molecular weight excluding hydrogens is 410 g/mol. The summed E-state index contributed by atoms with van der Waals surface area (Å²) in [5.41, 5.74) is 6.33. The molecule has 0 saturated carbocycles. The van der Waals surface area contributed by atoms with Crippen LogP contribution in [0.1, 0.15) is 34.6 Å². The van der Waals surface area contributed by atoms with Crippen molar-refractivity contribution >= 4 is 15.8 Å². The van der Waals surface area contributed by atoms with Gasteiger partial charge in [-0.2, -0.15) is 0 Å². The van der Waals surface area contributed by atoms with Crippen LogP contribution in [-0.2, 0) is 14.6 Å². The highest BCUT2D eigenvalue weighted by atomic mass is 32.2. The summed E-state index contributed by atoms with van der Waals surface area (Å²) in [5, 5.41) is 11.8. The number of sulfone groups is 1. The van der Waals surface area contributed by atoms with Crippen LogP contribution in [0.2, 0.25) is 0 Å². The number of rotatable bonds is 13. The molecule has 6 heteroatoms. The summed E-state index contributed by atoms with van der Waals surface area (Å²) in [5.74, 6) is -2.60. The molecule has 0 fully saturated rings. The largest absolute Gasteiger partial charge is 0.480 e. The normalized spacial score (nSPS) is 14.7. The molecule has 0 unspecified atom stereocenters. The Balaban J connectivity index is 5.07. The Morgan fingerprint density at radius 2 is 1.58 bits per heavy atom. The van der Waals surface area contributed by atoms with Crippen molar-refractivity contribution in [2.24, 2.45) is 0 Å². The molecular formula is C25H35NO4S. The van der Waals surface area contributed by atoms with E-state index in [0.29, 0.717) is 12.2 Å². The maximum atomic E-state index is 11.7. The Hall–Kier alpha value is -2.86. The smallest absolute Gasteiger partial charge is 0.318 e. The third-order valence-electron chi connectivity index (χ3n) is 4.54. The fourth-order valence-corrected chi connectivity index (χ4v) is 3.36. The van der Waals surface area contributed by atoms with E-state index in [-0.39, 0.29) is 5.75 Å².